The molecule has 0 spiro atoms. The molecule has 0 aliphatic carbocycles. The Labute approximate surface area is 134 Å². The molecule has 0 bridgehead atoms. The third kappa shape index (κ3) is 4.68. The van der Waals surface area contributed by atoms with Crippen LogP contribution in [0.2, 0.25) is 5.02 Å². The fourth-order valence-corrected chi connectivity index (χ4v) is 3.45. The maximum Gasteiger partial charge on any atom is 0.0453 e. The quantitative estimate of drug-likeness (QED) is 0.871. The topological polar surface area (TPSA) is 18.5 Å². The van der Waals surface area contributed by atoms with E-state index in [0.717, 1.165) is 24.0 Å². The Balaban J connectivity index is 1.83. The number of nitrogens with zero attached hydrogens (tertiary/aromatic N) is 2. The van der Waals surface area contributed by atoms with Crippen molar-refractivity contribution in [1.29, 1.82) is 0 Å². The van der Waals surface area contributed by atoms with Crippen molar-refractivity contribution in [2.45, 2.75) is 31.3 Å². The Morgan fingerprint density at radius 2 is 1.95 bits per heavy atom. The number of nitrogens with one attached hydrogen (secondary N) is 1. The molecule has 1 N–H and O–H groups in total. The summed E-state index contributed by atoms with van der Waals surface area (Å²) in [5, 5.41) is 4.27. The molecule has 118 valence electrons. The zero-order valence-electron chi connectivity index (χ0n) is 13.5. The molecule has 0 aromatic heterocycles. The van der Waals surface area contributed by atoms with Crippen LogP contribution in [0.1, 0.15) is 30.9 Å². The van der Waals surface area contributed by atoms with E-state index in [1.807, 2.05) is 19.2 Å². The van der Waals surface area contributed by atoms with Crippen molar-refractivity contribution in [1.82, 2.24) is 15.1 Å². The van der Waals surface area contributed by atoms with Crippen molar-refractivity contribution in [3.63, 3.8) is 0 Å². The lowest BCUT2D eigenvalue weighted by Gasteiger charge is -2.35. The SMILES string of the molecule is CNC(CCN1CCC(N(C)C)CC1)c1ccccc1Cl. The molecule has 3 nitrogen and oxygen atoms in total. The Kier molecular flexibility index (Phi) is 6.49. The molecule has 1 saturated heterocycles. The molecule has 1 aromatic carbocycles. The highest BCUT2D eigenvalue weighted by molar-refractivity contribution is 6.31. The molecular formula is C17H28ClN3. The molecule has 0 amide bonds. The maximum absolute atomic E-state index is 6.31. The Hall–Kier alpha value is -0.610. The van der Waals surface area contributed by atoms with Gasteiger partial charge in [0, 0.05) is 17.1 Å². The molecule has 1 unspecified atom stereocenters. The van der Waals surface area contributed by atoms with Gasteiger partial charge in [0.05, 0.1) is 0 Å². The van der Waals surface area contributed by atoms with E-state index in [0.29, 0.717) is 6.04 Å². The van der Waals surface area contributed by atoms with Crippen LogP contribution in [0.4, 0.5) is 0 Å². The fraction of sp³-hybridized carbons (Fsp3) is 0.647. The van der Waals surface area contributed by atoms with Crippen LogP contribution in [0.15, 0.2) is 24.3 Å². The first-order chi connectivity index (χ1) is 10.1. The number of hydrogen-bond acceptors (Lipinski definition) is 3. The number of hydrogen-bond donors (Lipinski definition) is 1. The maximum atomic E-state index is 6.31. The van der Waals surface area contributed by atoms with Gasteiger partial charge in [-0.25, -0.2) is 0 Å². The van der Waals surface area contributed by atoms with Crippen molar-refractivity contribution in [3.8, 4) is 0 Å². The average Bonchev–Trinajstić information content (AvgIpc) is 2.50. The molecular weight excluding hydrogens is 282 g/mol. The van der Waals surface area contributed by atoms with Gasteiger partial charge in [-0.05, 0) is 71.7 Å². The van der Waals surface area contributed by atoms with Gasteiger partial charge in [-0.3, -0.25) is 0 Å². The van der Waals surface area contributed by atoms with Gasteiger partial charge < -0.3 is 15.1 Å². The van der Waals surface area contributed by atoms with Crippen LogP contribution < -0.4 is 5.32 Å². The van der Waals surface area contributed by atoms with E-state index in [1.165, 1.54) is 31.5 Å². The Bertz CT molecular complexity index is 428. The molecule has 1 fully saturated rings. The van der Waals surface area contributed by atoms with Gasteiger partial charge in [0.2, 0.25) is 0 Å². The van der Waals surface area contributed by atoms with E-state index < -0.39 is 0 Å². The molecule has 1 aliphatic rings. The van der Waals surface area contributed by atoms with Crippen LogP contribution in [-0.2, 0) is 0 Å². The van der Waals surface area contributed by atoms with E-state index in [1.54, 1.807) is 0 Å². The zero-order chi connectivity index (χ0) is 15.2. The van der Waals surface area contributed by atoms with Crippen LogP contribution in [0.5, 0.6) is 0 Å². The second-order valence-corrected chi connectivity index (χ2v) is 6.60. The van der Waals surface area contributed by atoms with Gasteiger partial charge in [-0.2, -0.15) is 0 Å². The molecule has 2 rings (SSSR count). The summed E-state index contributed by atoms with van der Waals surface area (Å²) in [4.78, 5) is 4.94. The first-order valence-corrected chi connectivity index (χ1v) is 8.30. The number of likely N-dealkylation sites (tertiary alicyclic amines) is 1. The Morgan fingerprint density at radius 1 is 1.29 bits per heavy atom. The molecule has 1 atom stereocenters. The summed E-state index contributed by atoms with van der Waals surface area (Å²) in [7, 11) is 6.40. The van der Waals surface area contributed by atoms with Gasteiger partial charge in [-0.1, -0.05) is 29.8 Å². The van der Waals surface area contributed by atoms with Crippen LogP contribution >= 0.6 is 11.6 Å². The molecule has 1 aliphatic heterocycles. The summed E-state index contributed by atoms with van der Waals surface area (Å²) in [6.07, 6.45) is 3.67. The third-order valence-electron chi connectivity index (χ3n) is 4.65. The van der Waals surface area contributed by atoms with Crippen molar-refractivity contribution in [2.24, 2.45) is 0 Å². The Morgan fingerprint density at radius 3 is 2.52 bits per heavy atom. The molecule has 1 aromatic rings. The third-order valence-corrected chi connectivity index (χ3v) is 4.99. The van der Waals surface area contributed by atoms with Gasteiger partial charge in [0.25, 0.3) is 0 Å². The predicted molar refractivity (Wildman–Crippen MR) is 91.0 cm³/mol. The van der Waals surface area contributed by atoms with Gasteiger partial charge in [-0.15, -0.1) is 0 Å². The van der Waals surface area contributed by atoms with Gasteiger partial charge in [0.15, 0.2) is 0 Å². The van der Waals surface area contributed by atoms with Crippen molar-refractivity contribution >= 4 is 11.6 Å². The summed E-state index contributed by atoms with van der Waals surface area (Å²) in [5.74, 6) is 0. The largest absolute Gasteiger partial charge is 0.313 e. The van der Waals surface area contributed by atoms with E-state index in [9.17, 15) is 0 Å². The van der Waals surface area contributed by atoms with E-state index in [-0.39, 0.29) is 0 Å². The summed E-state index contributed by atoms with van der Waals surface area (Å²) >= 11 is 6.31. The molecule has 0 saturated carbocycles. The lowest BCUT2D eigenvalue weighted by Crippen LogP contribution is -2.42. The van der Waals surface area contributed by atoms with E-state index in [2.05, 4.69) is 41.3 Å². The number of halogens is 1. The van der Waals surface area contributed by atoms with E-state index >= 15 is 0 Å². The number of piperidine rings is 1. The smallest absolute Gasteiger partial charge is 0.0453 e. The lowest BCUT2D eigenvalue weighted by molar-refractivity contribution is 0.141. The minimum atomic E-state index is 0.338. The van der Waals surface area contributed by atoms with Crippen molar-refractivity contribution in [3.05, 3.63) is 34.9 Å². The summed E-state index contributed by atoms with van der Waals surface area (Å²) in [5.41, 5.74) is 1.21. The molecule has 21 heavy (non-hydrogen) atoms. The summed E-state index contributed by atoms with van der Waals surface area (Å²) in [6.45, 7) is 3.56. The minimum Gasteiger partial charge on any atom is -0.313 e. The van der Waals surface area contributed by atoms with Crippen LogP contribution in [0.3, 0.4) is 0 Å². The van der Waals surface area contributed by atoms with Crippen LogP contribution in [-0.4, -0.2) is 56.6 Å². The average molecular weight is 310 g/mol. The highest BCUT2D eigenvalue weighted by atomic mass is 35.5. The fourth-order valence-electron chi connectivity index (χ4n) is 3.18. The predicted octanol–water partition coefficient (Wildman–Crippen LogP) is 3.02. The molecule has 0 radical (unpaired) electrons. The molecule has 4 heteroatoms. The number of benzene rings is 1. The normalized spacial score (nSPS) is 19.1. The first-order valence-electron chi connectivity index (χ1n) is 7.92. The van der Waals surface area contributed by atoms with Crippen molar-refractivity contribution in [2.75, 3.05) is 40.8 Å². The standard InChI is InChI=1S/C17H28ClN3/c1-19-17(15-6-4-5-7-16(15)18)10-13-21-11-8-14(9-12-21)20(2)3/h4-7,14,17,19H,8-13H2,1-3H3. The summed E-state index contributed by atoms with van der Waals surface area (Å²) in [6, 6.07) is 9.25. The van der Waals surface area contributed by atoms with E-state index in [4.69, 9.17) is 11.6 Å². The monoisotopic (exact) mass is 309 g/mol. The summed E-state index contributed by atoms with van der Waals surface area (Å²) < 4.78 is 0. The highest BCUT2D eigenvalue weighted by Gasteiger charge is 2.21. The number of rotatable bonds is 6. The first kappa shape index (κ1) is 16.8. The van der Waals surface area contributed by atoms with Gasteiger partial charge >= 0.3 is 0 Å². The molecule has 1 heterocycles. The highest BCUT2D eigenvalue weighted by Crippen LogP contribution is 2.25. The van der Waals surface area contributed by atoms with Crippen LogP contribution in [0, 0.1) is 0 Å². The van der Waals surface area contributed by atoms with Gasteiger partial charge in [0.1, 0.15) is 0 Å². The van der Waals surface area contributed by atoms with Crippen LogP contribution in [0.25, 0.3) is 0 Å². The van der Waals surface area contributed by atoms with Crippen molar-refractivity contribution < 1.29 is 0 Å². The second-order valence-electron chi connectivity index (χ2n) is 6.19. The zero-order valence-corrected chi connectivity index (χ0v) is 14.2. The minimum absolute atomic E-state index is 0.338. The lowest BCUT2D eigenvalue weighted by atomic mass is 10.0. The second kappa shape index (κ2) is 8.14.